The van der Waals surface area contributed by atoms with E-state index in [1.54, 1.807) is 13.4 Å². The molecule has 2 fully saturated rings. The molecule has 1 aromatic heterocycles. The molecule has 0 unspecified atom stereocenters. The third kappa shape index (κ3) is 4.25. The smallest absolute Gasteiger partial charge is 0.163 e. The molecule has 2 aliphatic heterocycles. The topological polar surface area (TPSA) is 64.8 Å². The number of piperidine rings is 1. The molecule has 2 aromatic rings. The fourth-order valence-electron chi connectivity index (χ4n) is 3.86. The Hall–Kier alpha value is -2.12. The van der Waals surface area contributed by atoms with E-state index in [4.69, 9.17) is 9.47 Å². The molecule has 7 nitrogen and oxygen atoms in total. The minimum Gasteiger partial charge on any atom is -0.493 e. The number of rotatable bonds is 6. The third-order valence-corrected chi connectivity index (χ3v) is 5.37. The van der Waals surface area contributed by atoms with Gasteiger partial charge in [-0.05, 0) is 32.0 Å². The standard InChI is InChI=1S/C20H28N5O2/c1-26-18-13-16-17(22-15-23-20(16)25-9-5-21-6-10-25)14-19(18)27-12-11-24-7-3-2-4-8-24/h13-15H,2-12H2,1H3. The average molecular weight is 370 g/mol. The number of hydrogen-bond acceptors (Lipinski definition) is 6. The number of anilines is 1. The second kappa shape index (κ2) is 8.71. The van der Waals surface area contributed by atoms with Crippen molar-refractivity contribution in [3.05, 3.63) is 18.5 Å². The molecule has 0 saturated carbocycles. The molecule has 0 N–H and O–H groups in total. The monoisotopic (exact) mass is 370 g/mol. The van der Waals surface area contributed by atoms with Gasteiger partial charge in [-0.15, -0.1) is 0 Å². The van der Waals surface area contributed by atoms with Crippen molar-refractivity contribution in [2.75, 3.05) is 64.4 Å². The first-order valence-electron chi connectivity index (χ1n) is 9.91. The summed E-state index contributed by atoms with van der Waals surface area (Å²) in [4.78, 5) is 13.7. The van der Waals surface area contributed by atoms with Gasteiger partial charge in [0.15, 0.2) is 11.5 Å². The van der Waals surface area contributed by atoms with Crippen molar-refractivity contribution in [1.82, 2.24) is 20.2 Å². The molecule has 0 bridgehead atoms. The molecule has 3 heterocycles. The molecule has 1 aromatic carbocycles. The van der Waals surface area contributed by atoms with E-state index in [1.807, 2.05) is 12.1 Å². The summed E-state index contributed by atoms with van der Waals surface area (Å²) in [5, 5.41) is 5.42. The van der Waals surface area contributed by atoms with Crippen LogP contribution < -0.4 is 19.7 Å². The van der Waals surface area contributed by atoms with Gasteiger partial charge in [0.2, 0.25) is 0 Å². The number of ether oxygens (including phenoxy) is 2. The van der Waals surface area contributed by atoms with E-state index in [9.17, 15) is 0 Å². The van der Waals surface area contributed by atoms with Crippen LogP contribution in [0.4, 0.5) is 5.82 Å². The number of piperazine rings is 1. The van der Waals surface area contributed by atoms with Crippen molar-refractivity contribution in [2.24, 2.45) is 0 Å². The molecule has 0 aliphatic carbocycles. The minimum atomic E-state index is 0.660. The van der Waals surface area contributed by atoms with Crippen molar-refractivity contribution in [3.8, 4) is 11.5 Å². The Bertz CT molecular complexity index is 757. The van der Waals surface area contributed by atoms with Crippen LogP contribution in [-0.2, 0) is 0 Å². The zero-order valence-corrected chi connectivity index (χ0v) is 16.1. The van der Waals surface area contributed by atoms with Crippen molar-refractivity contribution >= 4 is 16.7 Å². The molecule has 1 radical (unpaired) electrons. The Morgan fingerprint density at radius 2 is 1.78 bits per heavy atom. The van der Waals surface area contributed by atoms with E-state index in [2.05, 4.69) is 25.1 Å². The van der Waals surface area contributed by atoms with Crippen LogP contribution in [0.3, 0.4) is 0 Å². The van der Waals surface area contributed by atoms with Gasteiger partial charge < -0.3 is 14.4 Å². The summed E-state index contributed by atoms with van der Waals surface area (Å²) in [6.45, 7) is 7.44. The van der Waals surface area contributed by atoms with Gasteiger partial charge in [-0.3, -0.25) is 4.90 Å². The zero-order valence-electron chi connectivity index (χ0n) is 16.1. The summed E-state index contributed by atoms with van der Waals surface area (Å²) in [7, 11) is 1.68. The van der Waals surface area contributed by atoms with Crippen molar-refractivity contribution in [1.29, 1.82) is 0 Å². The molecule has 2 saturated heterocycles. The molecule has 2 aliphatic rings. The first-order chi connectivity index (χ1) is 13.3. The van der Waals surface area contributed by atoms with Gasteiger partial charge in [0.05, 0.1) is 12.6 Å². The van der Waals surface area contributed by atoms with Crippen LogP contribution in [0.25, 0.3) is 10.9 Å². The maximum atomic E-state index is 6.07. The number of methoxy groups -OCH3 is 1. The van der Waals surface area contributed by atoms with Crippen LogP contribution in [0.15, 0.2) is 18.5 Å². The summed E-state index contributed by atoms with van der Waals surface area (Å²) in [5.41, 5.74) is 0.885. The van der Waals surface area contributed by atoms with E-state index < -0.39 is 0 Å². The first kappa shape index (κ1) is 18.3. The van der Waals surface area contributed by atoms with Crippen LogP contribution in [0.1, 0.15) is 19.3 Å². The Balaban J connectivity index is 1.52. The molecule has 145 valence electrons. The van der Waals surface area contributed by atoms with E-state index in [1.165, 1.54) is 32.4 Å². The molecule has 4 rings (SSSR count). The quantitative estimate of drug-likeness (QED) is 0.774. The van der Waals surface area contributed by atoms with Crippen LogP contribution in [0.5, 0.6) is 11.5 Å². The first-order valence-corrected chi connectivity index (χ1v) is 9.91. The third-order valence-electron chi connectivity index (χ3n) is 5.37. The normalized spacial score (nSPS) is 18.6. The van der Waals surface area contributed by atoms with Crippen molar-refractivity contribution in [2.45, 2.75) is 19.3 Å². The van der Waals surface area contributed by atoms with Gasteiger partial charge in [-0.2, -0.15) is 0 Å². The number of benzene rings is 1. The number of likely N-dealkylation sites (tertiary alicyclic amines) is 1. The summed E-state index contributed by atoms with van der Waals surface area (Å²) < 4.78 is 11.7. The minimum absolute atomic E-state index is 0.660. The predicted octanol–water partition coefficient (Wildman–Crippen LogP) is 1.93. The summed E-state index contributed by atoms with van der Waals surface area (Å²) >= 11 is 0. The van der Waals surface area contributed by atoms with E-state index in [-0.39, 0.29) is 0 Å². The van der Waals surface area contributed by atoms with Gasteiger partial charge in [0.1, 0.15) is 18.8 Å². The number of aromatic nitrogens is 2. The fraction of sp³-hybridized carbons (Fsp3) is 0.600. The Morgan fingerprint density at radius 3 is 2.56 bits per heavy atom. The highest BCUT2D eigenvalue weighted by Crippen LogP contribution is 2.35. The molecule has 7 heteroatoms. The van der Waals surface area contributed by atoms with Gasteiger partial charge in [0.25, 0.3) is 0 Å². The lowest BCUT2D eigenvalue weighted by Gasteiger charge is -2.28. The molecular formula is C20H28N5O2. The van der Waals surface area contributed by atoms with E-state index in [0.717, 1.165) is 60.9 Å². The second-order valence-corrected chi connectivity index (χ2v) is 7.13. The molecule has 27 heavy (non-hydrogen) atoms. The molecule has 0 atom stereocenters. The molecular weight excluding hydrogens is 342 g/mol. The lowest BCUT2D eigenvalue weighted by atomic mass is 10.1. The highest BCUT2D eigenvalue weighted by Gasteiger charge is 2.18. The maximum Gasteiger partial charge on any atom is 0.163 e. The second-order valence-electron chi connectivity index (χ2n) is 7.13. The SMILES string of the molecule is COc1cc2c(N3CC[N]CC3)ncnc2cc1OCCN1CCCCC1. The summed E-state index contributed by atoms with van der Waals surface area (Å²) in [6.07, 6.45) is 5.57. The van der Waals surface area contributed by atoms with Gasteiger partial charge in [-0.25, -0.2) is 15.3 Å². The van der Waals surface area contributed by atoms with Crippen LogP contribution >= 0.6 is 0 Å². The molecule has 0 spiro atoms. The highest BCUT2D eigenvalue weighted by molar-refractivity contribution is 5.92. The van der Waals surface area contributed by atoms with Crippen molar-refractivity contribution in [3.63, 3.8) is 0 Å². The average Bonchev–Trinajstić information content (AvgIpc) is 2.74. The van der Waals surface area contributed by atoms with Crippen LogP contribution in [0.2, 0.25) is 0 Å². The van der Waals surface area contributed by atoms with Crippen LogP contribution in [-0.4, -0.2) is 74.4 Å². The fourth-order valence-corrected chi connectivity index (χ4v) is 3.86. The molecule has 0 amide bonds. The maximum absolute atomic E-state index is 6.07. The Kier molecular flexibility index (Phi) is 5.89. The lowest BCUT2D eigenvalue weighted by molar-refractivity contribution is 0.181. The number of hydrogen-bond donors (Lipinski definition) is 0. The predicted molar refractivity (Wildman–Crippen MR) is 106 cm³/mol. The van der Waals surface area contributed by atoms with Gasteiger partial charge in [-0.1, -0.05) is 6.42 Å². The van der Waals surface area contributed by atoms with Crippen LogP contribution in [0, 0.1) is 0 Å². The number of fused-ring (bicyclic) bond motifs is 1. The lowest BCUT2D eigenvalue weighted by Crippen LogP contribution is -2.40. The van der Waals surface area contributed by atoms with E-state index in [0.29, 0.717) is 6.61 Å². The van der Waals surface area contributed by atoms with Gasteiger partial charge >= 0.3 is 0 Å². The zero-order chi connectivity index (χ0) is 18.5. The van der Waals surface area contributed by atoms with Crippen molar-refractivity contribution < 1.29 is 9.47 Å². The summed E-state index contributed by atoms with van der Waals surface area (Å²) in [6, 6.07) is 3.98. The largest absolute Gasteiger partial charge is 0.493 e. The highest BCUT2D eigenvalue weighted by atomic mass is 16.5. The van der Waals surface area contributed by atoms with E-state index >= 15 is 0 Å². The number of nitrogens with zero attached hydrogens (tertiary/aromatic N) is 5. The summed E-state index contributed by atoms with van der Waals surface area (Å²) in [5.74, 6) is 2.44. The van der Waals surface area contributed by atoms with Gasteiger partial charge in [0, 0.05) is 44.2 Å². The Labute approximate surface area is 160 Å². The Morgan fingerprint density at radius 1 is 0.963 bits per heavy atom.